The molecule has 0 aromatic carbocycles. The van der Waals surface area contributed by atoms with E-state index in [0.717, 1.165) is 6.42 Å². The lowest BCUT2D eigenvalue weighted by atomic mass is 10.0. The van der Waals surface area contributed by atoms with E-state index < -0.39 is 36.5 Å². The minimum atomic E-state index is -0.807. The molecule has 0 aliphatic carbocycles. The number of carboxylic acid groups (broad SMARTS) is 1. The summed E-state index contributed by atoms with van der Waals surface area (Å²) < 4.78 is 5.72. The quantitative estimate of drug-likeness (QED) is 0.358. The summed E-state index contributed by atoms with van der Waals surface area (Å²) in [6.45, 7) is 2.03. The predicted molar refractivity (Wildman–Crippen MR) is 109 cm³/mol. The van der Waals surface area contributed by atoms with Crippen molar-refractivity contribution in [1.82, 2.24) is 0 Å². The molecule has 0 aromatic rings. The van der Waals surface area contributed by atoms with Crippen LogP contribution >= 0.6 is 0 Å². The second-order valence-electron chi connectivity index (χ2n) is 6.92. The zero-order valence-corrected chi connectivity index (χ0v) is 16.6. The van der Waals surface area contributed by atoms with E-state index >= 15 is 0 Å². The zero-order chi connectivity index (χ0) is 20.8. The summed E-state index contributed by atoms with van der Waals surface area (Å²) in [5.41, 5.74) is 0. The Morgan fingerprint density at radius 1 is 1.11 bits per heavy atom. The van der Waals surface area contributed by atoms with E-state index in [1.807, 2.05) is 43.4 Å². The van der Waals surface area contributed by atoms with Gasteiger partial charge in [0, 0.05) is 12.8 Å². The number of aliphatic hydroxyl groups excluding tert-OH is 3. The Bertz CT molecular complexity index is 551. The molecule has 5 atom stereocenters. The van der Waals surface area contributed by atoms with Crippen LogP contribution in [0.2, 0.25) is 0 Å². The number of ether oxygens (including phenoxy) is 1. The minimum Gasteiger partial charge on any atom is -0.481 e. The van der Waals surface area contributed by atoms with Gasteiger partial charge in [-0.05, 0) is 32.1 Å². The molecule has 6 heteroatoms. The number of hydrogen-bond acceptors (Lipinski definition) is 5. The van der Waals surface area contributed by atoms with Crippen molar-refractivity contribution in [3.05, 3.63) is 48.6 Å². The third kappa shape index (κ3) is 10.6. The first-order chi connectivity index (χ1) is 13.4. The number of aliphatic carboxylic acids is 1. The Morgan fingerprint density at radius 2 is 1.82 bits per heavy atom. The van der Waals surface area contributed by atoms with Crippen molar-refractivity contribution in [3.8, 4) is 0 Å². The lowest BCUT2D eigenvalue weighted by Crippen LogP contribution is -2.25. The zero-order valence-electron chi connectivity index (χ0n) is 16.6. The molecule has 1 saturated heterocycles. The van der Waals surface area contributed by atoms with Gasteiger partial charge in [-0.3, -0.25) is 4.79 Å². The maximum atomic E-state index is 10.4. The highest BCUT2D eigenvalue weighted by Gasteiger charge is 2.35. The van der Waals surface area contributed by atoms with Gasteiger partial charge in [-0.15, -0.1) is 0 Å². The molecular formula is C22H34O6. The van der Waals surface area contributed by atoms with E-state index in [1.165, 1.54) is 0 Å². The average Bonchev–Trinajstić information content (AvgIpc) is 3.03. The fourth-order valence-corrected chi connectivity index (χ4v) is 2.84. The van der Waals surface area contributed by atoms with Crippen molar-refractivity contribution in [2.45, 2.75) is 82.4 Å². The van der Waals surface area contributed by atoms with E-state index in [1.54, 1.807) is 12.2 Å². The van der Waals surface area contributed by atoms with Gasteiger partial charge in [-0.2, -0.15) is 0 Å². The smallest absolute Gasteiger partial charge is 0.303 e. The van der Waals surface area contributed by atoms with E-state index in [2.05, 4.69) is 0 Å². The Morgan fingerprint density at radius 3 is 2.54 bits per heavy atom. The topological polar surface area (TPSA) is 107 Å². The van der Waals surface area contributed by atoms with Crippen molar-refractivity contribution in [3.63, 3.8) is 0 Å². The van der Waals surface area contributed by atoms with Crippen LogP contribution in [0.5, 0.6) is 0 Å². The van der Waals surface area contributed by atoms with Crippen molar-refractivity contribution in [2.24, 2.45) is 0 Å². The van der Waals surface area contributed by atoms with Crippen LogP contribution in [0.15, 0.2) is 48.6 Å². The van der Waals surface area contributed by atoms with Crippen LogP contribution in [0.4, 0.5) is 0 Å². The SMILES string of the molecule is CC/C=C\C[C@H](O)/C=C/[C@@H]1O[C@@H]([C@@H](O)C/C=C\C/C=C\CCC(=O)O)C[C@H]1O. The van der Waals surface area contributed by atoms with E-state index in [4.69, 9.17) is 9.84 Å². The maximum Gasteiger partial charge on any atom is 0.303 e. The van der Waals surface area contributed by atoms with Crippen LogP contribution < -0.4 is 0 Å². The van der Waals surface area contributed by atoms with Gasteiger partial charge in [0.15, 0.2) is 0 Å². The third-order valence-electron chi connectivity index (χ3n) is 4.42. The first-order valence-corrected chi connectivity index (χ1v) is 9.98. The molecule has 0 radical (unpaired) electrons. The Balaban J connectivity index is 2.31. The van der Waals surface area contributed by atoms with E-state index in [0.29, 0.717) is 32.1 Å². The van der Waals surface area contributed by atoms with Gasteiger partial charge in [-0.25, -0.2) is 0 Å². The highest BCUT2D eigenvalue weighted by Crippen LogP contribution is 2.25. The third-order valence-corrected chi connectivity index (χ3v) is 4.42. The summed E-state index contributed by atoms with van der Waals surface area (Å²) in [6, 6.07) is 0. The summed E-state index contributed by atoms with van der Waals surface area (Å²) in [7, 11) is 0. The lowest BCUT2D eigenvalue weighted by Gasteiger charge is -2.16. The Labute approximate surface area is 167 Å². The van der Waals surface area contributed by atoms with Gasteiger partial charge in [0.1, 0.15) is 6.10 Å². The van der Waals surface area contributed by atoms with Crippen LogP contribution in [0.25, 0.3) is 0 Å². The van der Waals surface area contributed by atoms with E-state index in [-0.39, 0.29) is 6.42 Å². The molecular weight excluding hydrogens is 360 g/mol. The second-order valence-corrected chi connectivity index (χ2v) is 6.92. The highest BCUT2D eigenvalue weighted by atomic mass is 16.5. The van der Waals surface area contributed by atoms with Crippen LogP contribution in [-0.2, 0) is 9.53 Å². The summed E-state index contributed by atoms with van der Waals surface area (Å²) in [5.74, 6) is -0.807. The molecule has 28 heavy (non-hydrogen) atoms. The van der Waals surface area contributed by atoms with Crippen LogP contribution in [0.1, 0.15) is 51.9 Å². The van der Waals surface area contributed by atoms with Gasteiger partial charge in [0.25, 0.3) is 0 Å². The fraction of sp³-hybridized carbons (Fsp3) is 0.591. The molecule has 0 spiro atoms. The number of allylic oxidation sites excluding steroid dienone is 4. The molecule has 158 valence electrons. The number of aliphatic hydroxyl groups is 3. The molecule has 0 amide bonds. The van der Waals surface area contributed by atoms with Gasteiger partial charge in [0.2, 0.25) is 0 Å². The van der Waals surface area contributed by atoms with Crippen molar-refractivity contribution >= 4 is 5.97 Å². The standard InChI is InChI=1S/C22H34O6/c1-2-3-8-11-17(23)14-15-20-19(25)16-21(28-20)18(24)12-9-6-4-5-7-10-13-22(26)27/h3,5-9,14-15,17-21,23-25H,2,4,10-13,16H2,1H3,(H,26,27)/b7-5-,8-3-,9-6-,15-14+/t17-,18-,19+,20-,21+/m0/s1. The number of carboxylic acids is 1. The molecule has 0 aromatic heterocycles. The van der Waals surface area contributed by atoms with Crippen molar-refractivity contribution in [1.29, 1.82) is 0 Å². The van der Waals surface area contributed by atoms with Crippen LogP contribution in [0.3, 0.4) is 0 Å². The molecule has 1 heterocycles. The molecule has 0 bridgehead atoms. The average molecular weight is 395 g/mol. The molecule has 6 nitrogen and oxygen atoms in total. The molecule has 1 aliphatic heterocycles. The second kappa shape index (κ2) is 14.3. The molecule has 1 fully saturated rings. The summed E-state index contributed by atoms with van der Waals surface area (Å²) >= 11 is 0. The van der Waals surface area contributed by atoms with Crippen molar-refractivity contribution < 1.29 is 30.0 Å². The molecule has 1 rings (SSSR count). The predicted octanol–water partition coefficient (Wildman–Crippen LogP) is 2.90. The molecule has 0 unspecified atom stereocenters. The van der Waals surface area contributed by atoms with Gasteiger partial charge < -0.3 is 25.2 Å². The first-order valence-electron chi connectivity index (χ1n) is 9.98. The summed E-state index contributed by atoms with van der Waals surface area (Å²) in [4.78, 5) is 10.4. The maximum absolute atomic E-state index is 10.4. The molecule has 4 N–H and O–H groups in total. The number of rotatable bonds is 13. The van der Waals surface area contributed by atoms with E-state index in [9.17, 15) is 20.1 Å². The lowest BCUT2D eigenvalue weighted by molar-refractivity contribution is -0.136. The summed E-state index contributed by atoms with van der Waals surface area (Å²) in [5, 5.41) is 38.8. The van der Waals surface area contributed by atoms with Gasteiger partial charge in [0.05, 0.1) is 24.4 Å². The molecule has 0 saturated carbocycles. The van der Waals surface area contributed by atoms with Crippen LogP contribution in [-0.4, -0.2) is 56.9 Å². The Kier molecular flexibility index (Phi) is 12.4. The minimum absolute atomic E-state index is 0.127. The van der Waals surface area contributed by atoms with Crippen LogP contribution in [0, 0.1) is 0 Å². The van der Waals surface area contributed by atoms with Gasteiger partial charge >= 0.3 is 5.97 Å². The fourth-order valence-electron chi connectivity index (χ4n) is 2.84. The largest absolute Gasteiger partial charge is 0.481 e. The monoisotopic (exact) mass is 394 g/mol. The summed E-state index contributed by atoms with van der Waals surface area (Å²) in [6.07, 6.45) is 15.2. The normalized spacial score (nSPS) is 25.5. The van der Waals surface area contributed by atoms with Gasteiger partial charge in [-0.1, -0.05) is 55.5 Å². The highest BCUT2D eigenvalue weighted by molar-refractivity contribution is 5.66. The molecule has 1 aliphatic rings. The first kappa shape index (κ1) is 24.3. The van der Waals surface area contributed by atoms with Crippen molar-refractivity contribution in [2.75, 3.05) is 0 Å². The number of hydrogen-bond donors (Lipinski definition) is 4. The Hall–Kier alpha value is -1.73. The number of carbonyl (C=O) groups is 1.